The first-order valence-electron chi connectivity index (χ1n) is 14.4. The average molecular weight is 604 g/mol. The van der Waals surface area contributed by atoms with Gasteiger partial charge in [-0.3, -0.25) is 14.4 Å². The van der Waals surface area contributed by atoms with Crippen molar-refractivity contribution in [2.24, 2.45) is 0 Å². The minimum absolute atomic E-state index is 0.192. The number of rotatable bonds is 8. The van der Waals surface area contributed by atoms with Gasteiger partial charge in [-0.15, -0.1) is 0 Å². The Labute approximate surface area is 257 Å². The van der Waals surface area contributed by atoms with Crippen LogP contribution in [0.15, 0.2) is 66.7 Å². The van der Waals surface area contributed by atoms with Gasteiger partial charge in [0.15, 0.2) is 5.82 Å². The van der Waals surface area contributed by atoms with E-state index >= 15 is 0 Å². The lowest BCUT2D eigenvalue weighted by Crippen LogP contribution is -2.56. The van der Waals surface area contributed by atoms with Crippen molar-refractivity contribution < 1.29 is 19.1 Å². The smallest absolute Gasteiger partial charge is 0.411 e. The third kappa shape index (κ3) is 6.72. The second-order valence-corrected chi connectivity index (χ2v) is 12.4. The van der Waals surface area contributed by atoms with E-state index in [9.17, 15) is 9.59 Å². The van der Waals surface area contributed by atoms with Gasteiger partial charge in [-0.2, -0.15) is 5.10 Å². The highest BCUT2D eigenvalue weighted by Gasteiger charge is 2.47. The summed E-state index contributed by atoms with van der Waals surface area (Å²) >= 11 is 6.21. The molecule has 2 heterocycles. The summed E-state index contributed by atoms with van der Waals surface area (Å²) in [5.41, 5.74) is 2.12. The lowest BCUT2D eigenvalue weighted by Gasteiger charge is -2.35. The van der Waals surface area contributed by atoms with Crippen LogP contribution in [0.3, 0.4) is 0 Å². The van der Waals surface area contributed by atoms with Crippen LogP contribution in [0.2, 0.25) is 5.02 Å². The maximum atomic E-state index is 13.4. The molecule has 2 N–H and O–H groups in total. The third-order valence-corrected chi connectivity index (χ3v) is 7.80. The van der Waals surface area contributed by atoms with Crippen LogP contribution in [0.5, 0.6) is 5.75 Å². The molecule has 1 aliphatic rings. The Bertz CT molecular complexity index is 1650. The summed E-state index contributed by atoms with van der Waals surface area (Å²) in [6.07, 6.45) is 0.867. The number of carbonyl (C=O) groups is 2. The summed E-state index contributed by atoms with van der Waals surface area (Å²) in [4.78, 5) is 27.8. The number of hydrogen-bond donors (Lipinski definition) is 2. The lowest BCUT2D eigenvalue weighted by molar-refractivity contribution is -0.131. The molecule has 0 spiro atoms. The van der Waals surface area contributed by atoms with Gasteiger partial charge in [0.25, 0.3) is 0 Å². The third-order valence-electron chi connectivity index (χ3n) is 7.57. The van der Waals surface area contributed by atoms with E-state index in [1.807, 2.05) is 93.0 Å². The Morgan fingerprint density at radius 3 is 2.53 bits per heavy atom. The highest BCUT2D eigenvalue weighted by molar-refractivity contribution is 6.30. The van der Waals surface area contributed by atoms with Crippen molar-refractivity contribution in [1.29, 1.82) is 0 Å². The van der Waals surface area contributed by atoms with Crippen LogP contribution < -0.4 is 15.4 Å². The predicted molar refractivity (Wildman–Crippen MR) is 169 cm³/mol. The van der Waals surface area contributed by atoms with E-state index in [1.54, 1.807) is 12.0 Å². The van der Waals surface area contributed by atoms with Gasteiger partial charge in [-0.1, -0.05) is 48.0 Å². The highest BCUT2D eigenvalue weighted by atomic mass is 35.5. The van der Waals surface area contributed by atoms with Crippen LogP contribution in [0.4, 0.5) is 16.3 Å². The molecule has 226 valence electrons. The molecule has 1 aromatic heterocycles. The fourth-order valence-corrected chi connectivity index (χ4v) is 5.66. The zero-order valence-corrected chi connectivity index (χ0v) is 26.0. The number of fused-ring (bicyclic) bond motifs is 1. The number of methoxy groups -OCH3 is 1. The number of benzene rings is 3. The first-order valence-corrected chi connectivity index (χ1v) is 14.8. The maximum absolute atomic E-state index is 13.4. The molecule has 2 amide bonds. The van der Waals surface area contributed by atoms with Gasteiger partial charge >= 0.3 is 6.09 Å². The van der Waals surface area contributed by atoms with Crippen LogP contribution >= 0.6 is 11.6 Å². The molecule has 0 aliphatic carbocycles. The van der Waals surface area contributed by atoms with Crippen molar-refractivity contribution in [3.8, 4) is 5.75 Å². The predicted octanol–water partition coefficient (Wildman–Crippen LogP) is 6.90. The summed E-state index contributed by atoms with van der Waals surface area (Å²) < 4.78 is 13.2. The van der Waals surface area contributed by atoms with Gasteiger partial charge in [0.05, 0.1) is 24.6 Å². The van der Waals surface area contributed by atoms with Crippen molar-refractivity contribution in [3.05, 3.63) is 82.9 Å². The Hall–Kier alpha value is -4.24. The molecule has 1 aliphatic heterocycles. The molecule has 1 saturated heterocycles. The van der Waals surface area contributed by atoms with Crippen LogP contribution in [0, 0.1) is 0 Å². The number of anilines is 2. The van der Waals surface area contributed by atoms with E-state index in [0.29, 0.717) is 42.6 Å². The van der Waals surface area contributed by atoms with Gasteiger partial charge < -0.3 is 20.1 Å². The van der Waals surface area contributed by atoms with E-state index in [4.69, 9.17) is 26.2 Å². The summed E-state index contributed by atoms with van der Waals surface area (Å²) in [5.74, 6) is 1.19. The minimum Gasteiger partial charge on any atom is -0.496 e. The normalized spacial score (nSPS) is 16.7. The van der Waals surface area contributed by atoms with Crippen LogP contribution in [-0.4, -0.2) is 51.5 Å². The van der Waals surface area contributed by atoms with Gasteiger partial charge in [0.2, 0.25) is 5.91 Å². The summed E-state index contributed by atoms with van der Waals surface area (Å²) in [5, 5.41) is 12.8. The van der Waals surface area contributed by atoms with Crippen LogP contribution in [0.25, 0.3) is 10.9 Å². The molecule has 1 atom stereocenters. The first-order chi connectivity index (χ1) is 20.5. The standard InChI is InChI=1S/C33H38ClN5O4/c1-32(2,3)43-31(41)38-17-9-16-33(38,4)30(40)35-20-22-10-6-11-23(18-22)21-39-26-14-8-15-27(42-5)28(26)29(37-39)36-25-13-7-12-24(34)19-25/h6-8,10-15,18-19H,9,16-17,20-21H2,1-5H3,(H,35,40)(H,36,37)/t33-/m0/s1. The Morgan fingerprint density at radius 2 is 1.79 bits per heavy atom. The SMILES string of the molecule is COc1cccc2c1c(Nc1cccc(Cl)c1)nn2Cc1cccc(CNC(=O)[C@]2(C)CCCN2C(=O)OC(C)(C)C)c1. The van der Waals surface area contributed by atoms with Crippen LogP contribution in [-0.2, 0) is 22.6 Å². The van der Waals surface area contributed by atoms with Crippen molar-refractivity contribution in [2.45, 2.75) is 64.8 Å². The number of nitrogens with one attached hydrogen (secondary N) is 2. The Balaban J connectivity index is 1.33. The number of aromatic nitrogens is 2. The number of halogens is 1. The van der Waals surface area contributed by atoms with Gasteiger partial charge in [0, 0.05) is 23.8 Å². The average Bonchev–Trinajstić information content (AvgIpc) is 3.52. The Kier molecular flexibility index (Phi) is 8.55. The van der Waals surface area contributed by atoms with Gasteiger partial charge in [-0.05, 0) is 82.0 Å². The zero-order chi connectivity index (χ0) is 30.8. The molecular formula is C33H38ClN5O4. The minimum atomic E-state index is -0.959. The second-order valence-electron chi connectivity index (χ2n) is 12.0. The molecule has 10 heteroatoms. The molecule has 0 bridgehead atoms. The van der Waals surface area contributed by atoms with E-state index < -0.39 is 17.2 Å². The molecule has 43 heavy (non-hydrogen) atoms. The number of ether oxygens (including phenoxy) is 2. The molecule has 1 fully saturated rings. The first kappa shape index (κ1) is 30.2. The number of amides is 2. The van der Waals surface area contributed by atoms with Crippen molar-refractivity contribution in [2.75, 3.05) is 19.0 Å². The molecule has 9 nitrogen and oxygen atoms in total. The van der Waals surface area contributed by atoms with Crippen molar-refractivity contribution in [3.63, 3.8) is 0 Å². The molecule has 5 rings (SSSR count). The summed E-state index contributed by atoms with van der Waals surface area (Å²) in [6.45, 7) is 8.61. The number of hydrogen-bond acceptors (Lipinski definition) is 6. The second kappa shape index (κ2) is 12.2. The van der Waals surface area contributed by atoms with E-state index in [-0.39, 0.29) is 5.91 Å². The zero-order valence-electron chi connectivity index (χ0n) is 25.2. The number of nitrogens with zero attached hydrogens (tertiary/aromatic N) is 3. The molecule has 0 unspecified atom stereocenters. The topological polar surface area (TPSA) is 97.7 Å². The fourth-order valence-electron chi connectivity index (χ4n) is 5.47. The largest absolute Gasteiger partial charge is 0.496 e. The summed E-state index contributed by atoms with van der Waals surface area (Å²) in [7, 11) is 1.64. The molecule has 0 radical (unpaired) electrons. The van der Waals surface area contributed by atoms with Gasteiger partial charge in [0.1, 0.15) is 16.9 Å². The van der Waals surface area contributed by atoms with E-state index in [0.717, 1.165) is 34.1 Å². The molecule has 4 aromatic rings. The molecule has 3 aromatic carbocycles. The number of carbonyl (C=O) groups excluding carboxylic acids is 2. The van der Waals surface area contributed by atoms with Crippen molar-refractivity contribution in [1.82, 2.24) is 20.0 Å². The number of likely N-dealkylation sites (tertiary alicyclic amines) is 1. The Morgan fingerprint density at radius 1 is 1.05 bits per heavy atom. The van der Waals surface area contributed by atoms with Gasteiger partial charge in [-0.25, -0.2) is 4.79 Å². The lowest BCUT2D eigenvalue weighted by atomic mass is 9.97. The molecular weight excluding hydrogens is 566 g/mol. The van der Waals surface area contributed by atoms with Crippen LogP contribution in [0.1, 0.15) is 51.7 Å². The fraction of sp³-hybridized carbons (Fsp3) is 0.364. The van der Waals surface area contributed by atoms with Crippen molar-refractivity contribution >= 4 is 46.0 Å². The highest BCUT2D eigenvalue weighted by Crippen LogP contribution is 2.35. The maximum Gasteiger partial charge on any atom is 0.411 e. The van der Waals surface area contributed by atoms with E-state index in [1.165, 1.54) is 0 Å². The molecule has 0 saturated carbocycles. The summed E-state index contributed by atoms with van der Waals surface area (Å²) in [6, 6.07) is 21.4. The monoisotopic (exact) mass is 603 g/mol. The quantitative estimate of drug-likeness (QED) is 0.227. The van der Waals surface area contributed by atoms with E-state index in [2.05, 4.69) is 16.7 Å².